The highest BCUT2D eigenvalue weighted by atomic mass is 32.2. The number of nitrogens with one attached hydrogen (secondary N) is 1. The first-order valence-corrected chi connectivity index (χ1v) is 12.5. The molecule has 0 bridgehead atoms. The van der Waals surface area contributed by atoms with Gasteiger partial charge in [0, 0.05) is 12.1 Å². The third kappa shape index (κ3) is 4.47. The highest BCUT2D eigenvalue weighted by Crippen LogP contribution is 2.37. The fourth-order valence-corrected chi connectivity index (χ4v) is 5.27. The molecule has 0 spiro atoms. The van der Waals surface area contributed by atoms with E-state index < -0.39 is 31.9 Å². The molecule has 1 aliphatic rings. The largest absolute Gasteiger partial charge is 0.467 e. The van der Waals surface area contributed by atoms with E-state index in [1.807, 2.05) is 0 Å². The Bertz CT molecular complexity index is 1340. The molecule has 8 nitrogen and oxygen atoms in total. The van der Waals surface area contributed by atoms with Crippen LogP contribution in [0.15, 0.2) is 81.3 Å². The molecule has 2 aromatic carbocycles. The Morgan fingerprint density at radius 3 is 2.42 bits per heavy atom. The molecule has 11 heteroatoms. The van der Waals surface area contributed by atoms with Crippen LogP contribution < -0.4 is 4.72 Å². The van der Waals surface area contributed by atoms with Gasteiger partial charge in [0.2, 0.25) is 10.0 Å². The summed E-state index contributed by atoms with van der Waals surface area (Å²) in [7, 11) is -7.58. The van der Waals surface area contributed by atoms with E-state index in [9.17, 15) is 21.2 Å². The Morgan fingerprint density at radius 1 is 1.06 bits per heavy atom. The Morgan fingerprint density at radius 2 is 1.81 bits per heavy atom. The van der Waals surface area contributed by atoms with Gasteiger partial charge >= 0.3 is 0 Å². The van der Waals surface area contributed by atoms with E-state index in [-0.39, 0.29) is 11.3 Å². The Hall–Kier alpha value is -3.18. The highest BCUT2D eigenvalue weighted by molar-refractivity contribution is 7.92. The van der Waals surface area contributed by atoms with Gasteiger partial charge in [-0.1, -0.05) is 18.2 Å². The minimum Gasteiger partial charge on any atom is -0.467 e. The molecule has 0 aliphatic carbocycles. The number of hydrogen-bond donors (Lipinski definition) is 1. The lowest BCUT2D eigenvalue weighted by molar-refractivity contribution is 0.320. The lowest BCUT2D eigenvalue weighted by atomic mass is 10.0. The second-order valence-electron chi connectivity index (χ2n) is 6.97. The minimum absolute atomic E-state index is 0.221. The van der Waals surface area contributed by atoms with Crippen molar-refractivity contribution < 1.29 is 25.6 Å². The summed E-state index contributed by atoms with van der Waals surface area (Å²) in [4.78, 5) is -0.221. The molecule has 0 saturated carbocycles. The number of furan rings is 1. The Balaban J connectivity index is 1.72. The smallest absolute Gasteiger partial charge is 0.279 e. The zero-order chi connectivity index (χ0) is 22.2. The second kappa shape index (κ2) is 7.82. The average molecular weight is 464 g/mol. The molecule has 1 atom stereocenters. The van der Waals surface area contributed by atoms with E-state index in [2.05, 4.69) is 9.82 Å². The number of nitrogens with zero attached hydrogens (tertiary/aromatic N) is 2. The van der Waals surface area contributed by atoms with Gasteiger partial charge in [-0.3, -0.25) is 4.72 Å². The van der Waals surface area contributed by atoms with Crippen LogP contribution in [0.3, 0.4) is 0 Å². The van der Waals surface area contributed by atoms with Crippen molar-refractivity contribution in [3.8, 4) is 0 Å². The van der Waals surface area contributed by atoms with Crippen molar-refractivity contribution in [1.82, 2.24) is 4.41 Å². The fourth-order valence-electron chi connectivity index (χ4n) is 3.26. The number of hydrazone groups is 1. The first-order chi connectivity index (χ1) is 14.6. The summed E-state index contributed by atoms with van der Waals surface area (Å²) >= 11 is 0. The number of rotatable bonds is 6. The van der Waals surface area contributed by atoms with Crippen LogP contribution in [0.25, 0.3) is 0 Å². The van der Waals surface area contributed by atoms with Gasteiger partial charge in [0.15, 0.2) is 0 Å². The standard InChI is InChI=1S/C20H18FN3O5S2/c1-30(25,26)23-16-9-7-14(8-10-16)18-13-19(20-6-3-11-29-20)24(22-18)31(27,28)17-5-2-4-15(21)12-17/h2-12,19,23H,13H2,1H3/t19-/m1/s1. The molecule has 1 N–H and O–H groups in total. The quantitative estimate of drug-likeness (QED) is 0.603. The molecule has 1 aromatic heterocycles. The van der Waals surface area contributed by atoms with Crippen LogP contribution in [0.5, 0.6) is 0 Å². The van der Waals surface area contributed by atoms with Crippen molar-refractivity contribution in [3.63, 3.8) is 0 Å². The first-order valence-electron chi connectivity index (χ1n) is 9.12. The Kier molecular flexibility index (Phi) is 5.31. The molecule has 0 fully saturated rings. The zero-order valence-electron chi connectivity index (χ0n) is 16.3. The maximum atomic E-state index is 13.7. The van der Waals surface area contributed by atoms with Crippen LogP contribution in [0.2, 0.25) is 0 Å². The van der Waals surface area contributed by atoms with Crippen molar-refractivity contribution in [1.29, 1.82) is 0 Å². The second-order valence-corrected chi connectivity index (χ2v) is 10.5. The molecule has 0 saturated heterocycles. The van der Waals surface area contributed by atoms with E-state index in [0.717, 1.165) is 22.8 Å². The zero-order valence-corrected chi connectivity index (χ0v) is 17.9. The van der Waals surface area contributed by atoms with E-state index in [1.54, 1.807) is 36.4 Å². The van der Waals surface area contributed by atoms with Crippen LogP contribution >= 0.6 is 0 Å². The molecule has 3 aromatic rings. The van der Waals surface area contributed by atoms with Gasteiger partial charge in [-0.25, -0.2) is 12.8 Å². The van der Waals surface area contributed by atoms with Crippen LogP contribution in [0, 0.1) is 5.82 Å². The number of sulfonamides is 2. The molecule has 2 heterocycles. The van der Waals surface area contributed by atoms with E-state index in [4.69, 9.17) is 4.42 Å². The van der Waals surface area contributed by atoms with Gasteiger partial charge in [-0.15, -0.1) is 0 Å². The van der Waals surface area contributed by atoms with Gasteiger partial charge in [-0.2, -0.15) is 17.9 Å². The highest BCUT2D eigenvalue weighted by Gasteiger charge is 2.39. The average Bonchev–Trinajstić information content (AvgIpc) is 3.37. The summed E-state index contributed by atoms with van der Waals surface area (Å²) in [5.41, 5.74) is 1.46. The van der Waals surface area contributed by atoms with Crippen molar-refractivity contribution in [2.45, 2.75) is 17.4 Å². The van der Waals surface area contributed by atoms with Crippen LogP contribution in [0.1, 0.15) is 23.8 Å². The molecule has 0 radical (unpaired) electrons. The normalized spacial score (nSPS) is 16.9. The number of hydrogen-bond acceptors (Lipinski definition) is 6. The Labute approximate surface area is 179 Å². The summed E-state index contributed by atoms with van der Waals surface area (Å²) in [5.74, 6) is -0.276. The van der Waals surface area contributed by atoms with E-state index >= 15 is 0 Å². The monoisotopic (exact) mass is 463 g/mol. The lowest BCUT2D eigenvalue weighted by Gasteiger charge is -2.21. The summed E-state index contributed by atoms with van der Waals surface area (Å²) in [6.45, 7) is 0. The van der Waals surface area contributed by atoms with Gasteiger partial charge in [-0.05, 0) is 48.0 Å². The molecule has 162 valence electrons. The maximum absolute atomic E-state index is 13.7. The molecule has 31 heavy (non-hydrogen) atoms. The molecular formula is C20H18FN3O5S2. The number of benzene rings is 2. The molecule has 0 amide bonds. The van der Waals surface area contributed by atoms with Crippen molar-refractivity contribution >= 4 is 31.4 Å². The first kappa shape index (κ1) is 21.1. The van der Waals surface area contributed by atoms with Crippen LogP contribution in [-0.2, 0) is 20.0 Å². The molecular weight excluding hydrogens is 445 g/mol. The molecule has 4 rings (SSSR count). The summed E-state index contributed by atoms with van der Waals surface area (Å²) in [5, 5.41) is 4.32. The fraction of sp³-hybridized carbons (Fsp3) is 0.150. The number of anilines is 1. The third-order valence-corrected chi connectivity index (χ3v) is 6.89. The van der Waals surface area contributed by atoms with Crippen molar-refractivity contribution in [2.24, 2.45) is 5.10 Å². The van der Waals surface area contributed by atoms with Crippen molar-refractivity contribution in [3.05, 3.63) is 84.1 Å². The topological polar surface area (TPSA) is 109 Å². The van der Waals surface area contributed by atoms with Gasteiger partial charge in [0.05, 0.1) is 23.1 Å². The van der Waals surface area contributed by atoms with Gasteiger partial charge in [0.25, 0.3) is 10.0 Å². The van der Waals surface area contributed by atoms with Gasteiger partial charge < -0.3 is 4.42 Å². The van der Waals surface area contributed by atoms with Crippen molar-refractivity contribution in [2.75, 3.05) is 11.0 Å². The number of halogens is 1. The lowest BCUT2D eigenvalue weighted by Crippen LogP contribution is -2.27. The predicted octanol–water partition coefficient (Wildman–Crippen LogP) is 3.33. The third-order valence-electron chi connectivity index (χ3n) is 4.61. The van der Waals surface area contributed by atoms with Crippen LogP contribution in [-0.4, -0.2) is 33.2 Å². The maximum Gasteiger partial charge on any atom is 0.279 e. The summed E-state index contributed by atoms with van der Waals surface area (Å²) in [6.07, 6.45) is 2.71. The van der Waals surface area contributed by atoms with Crippen LogP contribution in [0.4, 0.5) is 10.1 Å². The van der Waals surface area contributed by atoms with Gasteiger partial charge in [0.1, 0.15) is 17.6 Å². The molecule has 1 aliphatic heterocycles. The molecule has 0 unspecified atom stereocenters. The van der Waals surface area contributed by atoms with E-state index in [0.29, 0.717) is 22.7 Å². The SMILES string of the molecule is CS(=O)(=O)Nc1ccc(C2=NN(S(=O)(=O)c3cccc(F)c3)[C@@H](c3ccco3)C2)cc1. The van der Waals surface area contributed by atoms with E-state index in [1.165, 1.54) is 18.4 Å². The predicted molar refractivity (Wildman–Crippen MR) is 113 cm³/mol. The minimum atomic E-state index is -4.16. The summed E-state index contributed by atoms with van der Waals surface area (Å²) in [6, 6.07) is 13.7. The summed E-state index contributed by atoms with van der Waals surface area (Å²) < 4.78 is 71.6.